The molecule has 0 fully saturated rings. The largest absolute Gasteiger partial charge is 0.479 e. The summed E-state index contributed by atoms with van der Waals surface area (Å²) in [4.78, 5) is 25.3. The van der Waals surface area contributed by atoms with Crippen molar-refractivity contribution in [3.05, 3.63) is 70.2 Å². The number of aliphatic carboxylic acids is 1. The van der Waals surface area contributed by atoms with E-state index in [0.717, 1.165) is 20.5 Å². The Morgan fingerprint density at radius 2 is 1.68 bits per heavy atom. The minimum Gasteiger partial charge on any atom is -0.479 e. The maximum absolute atomic E-state index is 12.3. The van der Waals surface area contributed by atoms with Gasteiger partial charge < -0.3 is 9.84 Å². The lowest BCUT2D eigenvalue weighted by Gasteiger charge is -2.34. The molecule has 25 heavy (non-hydrogen) atoms. The Balaban J connectivity index is 2.10. The number of hydrogen-bond donors (Lipinski definition) is 1. The maximum Gasteiger partial charge on any atom is 0.410 e. The Morgan fingerprint density at radius 1 is 1.08 bits per heavy atom. The topological polar surface area (TPSA) is 66.8 Å². The van der Waals surface area contributed by atoms with E-state index in [1.165, 1.54) is 14.0 Å². The summed E-state index contributed by atoms with van der Waals surface area (Å²) in [6.45, 7) is 1.61. The van der Waals surface area contributed by atoms with Crippen molar-refractivity contribution in [3.63, 3.8) is 0 Å². The van der Waals surface area contributed by atoms with E-state index in [2.05, 4.69) is 15.9 Å². The fourth-order valence-electron chi connectivity index (χ4n) is 2.36. The number of halogens is 1. The molecule has 2 rings (SSSR count). The number of rotatable bonds is 6. The van der Waals surface area contributed by atoms with Crippen molar-refractivity contribution in [1.29, 1.82) is 0 Å². The minimum absolute atomic E-state index is 0.0952. The summed E-state index contributed by atoms with van der Waals surface area (Å²) < 4.78 is 6.17. The van der Waals surface area contributed by atoms with Gasteiger partial charge in [0.25, 0.3) is 0 Å². The number of carbonyl (C=O) groups excluding carboxylic acids is 1. The van der Waals surface area contributed by atoms with Gasteiger partial charge in [-0.05, 0) is 30.2 Å². The zero-order valence-corrected chi connectivity index (χ0v) is 15.7. The molecule has 2 aromatic carbocycles. The van der Waals surface area contributed by atoms with Crippen molar-refractivity contribution >= 4 is 28.0 Å². The molecule has 0 heterocycles. The molecule has 132 valence electrons. The van der Waals surface area contributed by atoms with Crippen molar-refractivity contribution in [2.75, 3.05) is 7.05 Å². The van der Waals surface area contributed by atoms with Crippen LogP contribution in [0, 0.1) is 0 Å². The number of carboxylic acids is 1. The summed E-state index contributed by atoms with van der Waals surface area (Å²) in [7, 11) is 1.44. The SMILES string of the molecule is CN(C(=O)OCc1ccccc1)C(C)(Cc1ccc(Br)cc1)C(=O)O. The number of ether oxygens (including phenoxy) is 1. The van der Waals surface area contributed by atoms with Crippen LogP contribution in [0.1, 0.15) is 18.1 Å². The van der Waals surface area contributed by atoms with Crippen molar-refractivity contribution in [3.8, 4) is 0 Å². The normalized spacial score (nSPS) is 12.9. The molecular weight excluding hydrogens is 386 g/mol. The number of nitrogens with zero attached hydrogens (tertiary/aromatic N) is 1. The van der Waals surface area contributed by atoms with E-state index in [4.69, 9.17) is 4.74 Å². The highest BCUT2D eigenvalue weighted by molar-refractivity contribution is 9.10. The molecular formula is C19H20BrNO4. The molecule has 0 aromatic heterocycles. The second-order valence-corrected chi connectivity index (χ2v) is 6.90. The third-order valence-electron chi connectivity index (χ3n) is 4.14. The van der Waals surface area contributed by atoms with Gasteiger partial charge in [-0.2, -0.15) is 0 Å². The highest BCUT2D eigenvalue weighted by Crippen LogP contribution is 2.23. The number of carbonyl (C=O) groups is 2. The van der Waals surface area contributed by atoms with Crippen molar-refractivity contribution < 1.29 is 19.4 Å². The Kier molecular flexibility index (Phi) is 6.20. The van der Waals surface area contributed by atoms with Crippen LogP contribution < -0.4 is 0 Å². The molecule has 0 aliphatic rings. The summed E-state index contributed by atoms with van der Waals surface area (Å²) in [5.74, 6) is -1.09. The number of carboxylic acid groups (broad SMARTS) is 1. The molecule has 0 spiro atoms. The number of benzene rings is 2. The van der Waals surface area contributed by atoms with Gasteiger partial charge in [0.1, 0.15) is 12.1 Å². The third kappa shape index (κ3) is 4.82. The van der Waals surface area contributed by atoms with Gasteiger partial charge in [-0.15, -0.1) is 0 Å². The third-order valence-corrected chi connectivity index (χ3v) is 4.67. The van der Waals surface area contributed by atoms with E-state index in [0.29, 0.717) is 0 Å². The van der Waals surface area contributed by atoms with Gasteiger partial charge in [0.15, 0.2) is 0 Å². The van der Waals surface area contributed by atoms with Crippen LogP contribution in [0.5, 0.6) is 0 Å². The van der Waals surface area contributed by atoms with Gasteiger partial charge in [0.05, 0.1) is 0 Å². The predicted molar refractivity (Wildman–Crippen MR) is 98.3 cm³/mol. The van der Waals surface area contributed by atoms with Crippen LogP contribution in [0.4, 0.5) is 4.79 Å². The molecule has 0 saturated carbocycles. The molecule has 2 aromatic rings. The van der Waals surface area contributed by atoms with E-state index in [1.54, 1.807) is 0 Å². The molecule has 1 unspecified atom stereocenters. The highest BCUT2D eigenvalue weighted by atomic mass is 79.9. The average Bonchev–Trinajstić information content (AvgIpc) is 2.61. The molecule has 0 bridgehead atoms. The Hall–Kier alpha value is -2.34. The molecule has 0 aliphatic carbocycles. The molecule has 0 aliphatic heterocycles. The van der Waals surface area contributed by atoms with Crippen molar-refractivity contribution in [1.82, 2.24) is 4.90 Å². The maximum atomic E-state index is 12.3. The smallest absolute Gasteiger partial charge is 0.410 e. The predicted octanol–water partition coefficient (Wildman–Crippen LogP) is 4.10. The number of likely N-dealkylation sites (N-methyl/N-ethyl adjacent to an activating group) is 1. The van der Waals surface area contributed by atoms with Crippen LogP contribution in [0.2, 0.25) is 0 Å². The van der Waals surface area contributed by atoms with Crippen LogP contribution in [0.15, 0.2) is 59.1 Å². The standard InChI is InChI=1S/C19H20BrNO4/c1-19(17(22)23,12-14-8-10-16(20)11-9-14)21(2)18(24)25-13-15-6-4-3-5-7-15/h3-11H,12-13H2,1-2H3,(H,22,23). The molecule has 1 atom stereocenters. The average molecular weight is 406 g/mol. The molecule has 6 heteroatoms. The van der Waals surface area contributed by atoms with E-state index in [9.17, 15) is 14.7 Å². The van der Waals surface area contributed by atoms with E-state index >= 15 is 0 Å². The van der Waals surface area contributed by atoms with Gasteiger partial charge in [-0.25, -0.2) is 9.59 Å². The van der Waals surface area contributed by atoms with Gasteiger partial charge in [0, 0.05) is 17.9 Å². The minimum atomic E-state index is -1.42. The van der Waals surface area contributed by atoms with Gasteiger partial charge in [-0.3, -0.25) is 4.90 Å². The van der Waals surface area contributed by atoms with Crippen LogP contribution >= 0.6 is 15.9 Å². The van der Waals surface area contributed by atoms with Crippen molar-refractivity contribution in [2.24, 2.45) is 0 Å². The Labute approximate surface area is 155 Å². The zero-order valence-electron chi connectivity index (χ0n) is 14.1. The van der Waals surface area contributed by atoms with Gasteiger partial charge in [-0.1, -0.05) is 58.4 Å². The Morgan fingerprint density at radius 3 is 2.24 bits per heavy atom. The summed E-state index contributed by atoms with van der Waals surface area (Å²) in [5.41, 5.74) is 0.242. The fourth-order valence-corrected chi connectivity index (χ4v) is 2.62. The summed E-state index contributed by atoms with van der Waals surface area (Å²) in [6.07, 6.45) is -0.502. The first-order valence-electron chi connectivity index (χ1n) is 7.75. The fraction of sp³-hybridized carbons (Fsp3) is 0.263. The second-order valence-electron chi connectivity index (χ2n) is 5.98. The van der Waals surface area contributed by atoms with Crippen molar-refractivity contribution in [2.45, 2.75) is 25.5 Å². The highest BCUT2D eigenvalue weighted by Gasteiger charge is 2.41. The van der Waals surface area contributed by atoms with Gasteiger partial charge >= 0.3 is 12.1 Å². The van der Waals surface area contributed by atoms with Crippen LogP contribution in [0.3, 0.4) is 0 Å². The van der Waals surface area contributed by atoms with E-state index < -0.39 is 17.6 Å². The van der Waals surface area contributed by atoms with Crippen LogP contribution in [-0.4, -0.2) is 34.7 Å². The van der Waals surface area contributed by atoms with Crippen LogP contribution in [0.25, 0.3) is 0 Å². The first-order valence-corrected chi connectivity index (χ1v) is 8.54. The first kappa shape index (κ1) is 19.0. The quantitative estimate of drug-likeness (QED) is 0.785. The first-order chi connectivity index (χ1) is 11.8. The second kappa shape index (κ2) is 8.16. The lowest BCUT2D eigenvalue weighted by Crippen LogP contribution is -2.54. The lowest BCUT2D eigenvalue weighted by molar-refractivity contribution is -0.148. The molecule has 0 radical (unpaired) electrons. The number of hydrogen-bond acceptors (Lipinski definition) is 3. The molecule has 5 nitrogen and oxygen atoms in total. The van der Waals surface area contributed by atoms with E-state index in [1.807, 2.05) is 54.6 Å². The van der Waals surface area contributed by atoms with Crippen LogP contribution in [-0.2, 0) is 22.6 Å². The lowest BCUT2D eigenvalue weighted by atomic mass is 9.91. The molecule has 0 saturated heterocycles. The number of amides is 1. The molecule has 1 N–H and O–H groups in total. The molecule has 1 amide bonds. The summed E-state index contributed by atoms with van der Waals surface area (Å²) >= 11 is 3.35. The zero-order chi connectivity index (χ0) is 18.4. The monoisotopic (exact) mass is 405 g/mol. The summed E-state index contributed by atoms with van der Waals surface area (Å²) in [5, 5.41) is 9.69. The Bertz CT molecular complexity index is 733. The van der Waals surface area contributed by atoms with Gasteiger partial charge in [0.2, 0.25) is 0 Å². The van der Waals surface area contributed by atoms with E-state index in [-0.39, 0.29) is 13.0 Å². The summed E-state index contributed by atoms with van der Waals surface area (Å²) in [6, 6.07) is 16.6.